The number of amides is 1. The van der Waals surface area contributed by atoms with Gasteiger partial charge >= 0.3 is 0 Å². The number of nitrogen functional groups attached to an aromatic ring is 1. The van der Waals surface area contributed by atoms with Crippen LogP contribution in [0, 0.1) is 0 Å². The van der Waals surface area contributed by atoms with Gasteiger partial charge in [-0.2, -0.15) is 0 Å². The Morgan fingerprint density at radius 2 is 2.14 bits per heavy atom. The van der Waals surface area contributed by atoms with Crippen LogP contribution in [0.4, 0.5) is 5.69 Å². The molecule has 0 unspecified atom stereocenters. The summed E-state index contributed by atoms with van der Waals surface area (Å²) in [5.41, 5.74) is 11.7. The van der Waals surface area contributed by atoms with Crippen LogP contribution in [0.25, 0.3) is 0 Å². The van der Waals surface area contributed by atoms with E-state index in [-0.39, 0.29) is 5.56 Å². The summed E-state index contributed by atoms with van der Waals surface area (Å²) in [6.07, 6.45) is 5.98. The van der Waals surface area contributed by atoms with E-state index in [4.69, 9.17) is 11.5 Å². The first kappa shape index (κ1) is 13.8. The lowest BCUT2D eigenvalue weighted by atomic mass is 10.2. The van der Waals surface area contributed by atoms with Crippen molar-refractivity contribution in [3.05, 3.63) is 17.8 Å². The smallest absolute Gasteiger partial charge is 0.251 e. The largest absolute Gasteiger partial charge is 0.397 e. The number of anilines is 1. The molecule has 0 spiro atoms. The Labute approximate surface area is 125 Å². The third-order valence-electron chi connectivity index (χ3n) is 3.46. The van der Waals surface area contributed by atoms with Gasteiger partial charge in [-0.3, -0.25) is 4.79 Å². The first-order valence-electron chi connectivity index (χ1n) is 6.66. The van der Waals surface area contributed by atoms with E-state index in [1.54, 1.807) is 4.68 Å². The SMILES string of the molecule is NC(=O)c1cc(N)cnc1Sc1nnnn1C1CCCC1. The van der Waals surface area contributed by atoms with Crippen molar-refractivity contribution in [2.24, 2.45) is 5.73 Å². The molecular weight excluding hydrogens is 290 g/mol. The Morgan fingerprint density at radius 3 is 2.86 bits per heavy atom. The number of nitrogens with two attached hydrogens (primary N) is 2. The van der Waals surface area contributed by atoms with E-state index in [2.05, 4.69) is 20.5 Å². The predicted octanol–water partition coefficient (Wildman–Crippen LogP) is 1.02. The molecule has 0 bridgehead atoms. The van der Waals surface area contributed by atoms with Crippen molar-refractivity contribution in [2.75, 3.05) is 5.73 Å². The van der Waals surface area contributed by atoms with Crippen LogP contribution < -0.4 is 11.5 Å². The predicted molar refractivity (Wildman–Crippen MR) is 76.6 cm³/mol. The highest BCUT2D eigenvalue weighted by Gasteiger charge is 2.23. The molecule has 0 radical (unpaired) electrons. The first-order valence-corrected chi connectivity index (χ1v) is 7.48. The molecular formula is C12H15N7OS. The maximum absolute atomic E-state index is 11.5. The molecule has 9 heteroatoms. The lowest BCUT2D eigenvalue weighted by Gasteiger charge is -2.11. The van der Waals surface area contributed by atoms with Crippen LogP contribution in [0.1, 0.15) is 42.1 Å². The summed E-state index contributed by atoms with van der Waals surface area (Å²) < 4.78 is 1.81. The molecule has 110 valence electrons. The number of rotatable bonds is 4. The highest BCUT2D eigenvalue weighted by molar-refractivity contribution is 7.99. The van der Waals surface area contributed by atoms with Crippen LogP contribution in [0.2, 0.25) is 0 Å². The van der Waals surface area contributed by atoms with Crippen LogP contribution in [0.3, 0.4) is 0 Å². The quantitative estimate of drug-likeness (QED) is 0.863. The number of tetrazole rings is 1. The molecule has 4 N–H and O–H groups in total. The Hall–Kier alpha value is -2.16. The molecule has 1 aliphatic carbocycles. The summed E-state index contributed by atoms with van der Waals surface area (Å²) in [6.45, 7) is 0. The lowest BCUT2D eigenvalue weighted by molar-refractivity contribution is 0.0997. The van der Waals surface area contributed by atoms with Crippen molar-refractivity contribution in [3.63, 3.8) is 0 Å². The summed E-state index contributed by atoms with van der Waals surface area (Å²) in [5, 5.41) is 12.9. The van der Waals surface area contributed by atoms with Crippen molar-refractivity contribution in [3.8, 4) is 0 Å². The Kier molecular flexibility index (Phi) is 3.74. The van der Waals surface area contributed by atoms with Gasteiger partial charge in [0.05, 0.1) is 23.5 Å². The molecule has 1 fully saturated rings. The fraction of sp³-hybridized carbons (Fsp3) is 0.417. The molecule has 21 heavy (non-hydrogen) atoms. The van der Waals surface area contributed by atoms with Gasteiger partial charge < -0.3 is 11.5 Å². The Bertz CT molecular complexity index is 665. The lowest BCUT2D eigenvalue weighted by Crippen LogP contribution is -2.14. The van der Waals surface area contributed by atoms with Crippen molar-refractivity contribution in [1.82, 2.24) is 25.2 Å². The van der Waals surface area contributed by atoms with Crippen molar-refractivity contribution in [1.29, 1.82) is 0 Å². The molecule has 0 saturated heterocycles. The minimum Gasteiger partial charge on any atom is -0.397 e. The van der Waals surface area contributed by atoms with Crippen LogP contribution in [-0.4, -0.2) is 31.1 Å². The van der Waals surface area contributed by atoms with Crippen molar-refractivity contribution in [2.45, 2.75) is 41.9 Å². The number of primary amides is 1. The third-order valence-corrected chi connectivity index (χ3v) is 4.43. The second-order valence-corrected chi connectivity index (χ2v) is 5.89. The van der Waals surface area contributed by atoms with Gasteiger partial charge in [-0.25, -0.2) is 9.67 Å². The van der Waals surface area contributed by atoms with Crippen LogP contribution in [0.5, 0.6) is 0 Å². The zero-order valence-corrected chi connectivity index (χ0v) is 12.1. The van der Waals surface area contributed by atoms with Crippen molar-refractivity contribution >= 4 is 23.4 Å². The normalized spacial score (nSPS) is 15.4. The molecule has 1 saturated carbocycles. The number of pyridine rings is 1. The minimum atomic E-state index is -0.572. The Balaban J connectivity index is 1.91. The molecule has 0 atom stereocenters. The zero-order chi connectivity index (χ0) is 14.8. The number of hydrogen-bond acceptors (Lipinski definition) is 7. The van der Waals surface area contributed by atoms with E-state index in [0.717, 1.165) is 12.8 Å². The monoisotopic (exact) mass is 305 g/mol. The molecule has 0 aromatic carbocycles. The first-order chi connectivity index (χ1) is 10.1. The Morgan fingerprint density at radius 1 is 1.38 bits per heavy atom. The van der Waals surface area contributed by atoms with Gasteiger partial charge in [0, 0.05) is 0 Å². The average Bonchev–Trinajstić information content (AvgIpc) is 3.11. The maximum Gasteiger partial charge on any atom is 0.251 e. The fourth-order valence-corrected chi connectivity index (χ4v) is 3.35. The second kappa shape index (κ2) is 5.68. The van der Waals surface area contributed by atoms with E-state index in [0.29, 0.717) is 21.9 Å². The molecule has 0 aliphatic heterocycles. The van der Waals surface area contributed by atoms with E-state index in [1.165, 1.54) is 36.9 Å². The summed E-state index contributed by atoms with van der Waals surface area (Å²) in [4.78, 5) is 15.7. The molecule has 2 aromatic heterocycles. The average molecular weight is 305 g/mol. The van der Waals surface area contributed by atoms with Crippen LogP contribution in [0.15, 0.2) is 22.4 Å². The highest BCUT2D eigenvalue weighted by Crippen LogP contribution is 2.34. The van der Waals surface area contributed by atoms with Gasteiger partial charge in [0.1, 0.15) is 5.03 Å². The van der Waals surface area contributed by atoms with Crippen molar-refractivity contribution < 1.29 is 4.79 Å². The van der Waals surface area contributed by atoms with E-state index >= 15 is 0 Å². The van der Waals surface area contributed by atoms with Gasteiger partial charge in [0.15, 0.2) is 0 Å². The van der Waals surface area contributed by atoms with E-state index in [9.17, 15) is 4.79 Å². The summed E-state index contributed by atoms with van der Waals surface area (Å²) >= 11 is 1.23. The summed E-state index contributed by atoms with van der Waals surface area (Å²) in [6, 6.07) is 1.83. The molecule has 2 aromatic rings. The standard InChI is InChI=1S/C12H15N7OS/c13-7-5-9(10(14)20)11(15-6-7)21-12-16-17-18-19(12)8-3-1-2-4-8/h5-6,8H,1-4,13H2,(H2,14,20). The van der Waals surface area contributed by atoms with Gasteiger partial charge in [0.2, 0.25) is 5.16 Å². The van der Waals surface area contributed by atoms with Gasteiger partial charge in [-0.15, -0.1) is 5.10 Å². The molecule has 8 nitrogen and oxygen atoms in total. The number of nitrogens with zero attached hydrogens (tertiary/aromatic N) is 5. The second-order valence-electron chi connectivity index (χ2n) is 4.93. The number of carbonyl (C=O) groups is 1. The number of carbonyl (C=O) groups excluding carboxylic acids is 1. The summed E-state index contributed by atoms with van der Waals surface area (Å²) in [5.74, 6) is -0.572. The van der Waals surface area contributed by atoms with E-state index < -0.39 is 5.91 Å². The summed E-state index contributed by atoms with van der Waals surface area (Å²) in [7, 11) is 0. The maximum atomic E-state index is 11.5. The fourth-order valence-electron chi connectivity index (χ4n) is 2.44. The number of aromatic nitrogens is 5. The van der Waals surface area contributed by atoms with Gasteiger partial charge in [-0.1, -0.05) is 12.8 Å². The third kappa shape index (κ3) is 2.82. The van der Waals surface area contributed by atoms with Gasteiger partial charge in [0.25, 0.3) is 5.91 Å². The topological polar surface area (TPSA) is 126 Å². The molecule has 1 aliphatic rings. The molecule has 1 amide bonds. The number of hydrogen-bond donors (Lipinski definition) is 2. The van der Waals surface area contributed by atoms with Crippen LogP contribution in [-0.2, 0) is 0 Å². The van der Waals surface area contributed by atoms with E-state index in [1.807, 2.05) is 0 Å². The molecule has 3 rings (SSSR count). The molecule has 2 heterocycles. The minimum absolute atomic E-state index is 0.279. The zero-order valence-electron chi connectivity index (χ0n) is 11.3. The highest BCUT2D eigenvalue weighted by atomic mass is 32.2. The van der Waals surface area contributed by atoms with Crippen LogP contribution >= 0.6 is 11.8 Å². The van der Waals surface area contributed by atoms with Gasteiger partial charge in [-0.05, 0) is 41.1 Å².